The Balaban J connectivity index is 2.02. The van der Waals surface area contributed by atoms with Gasteiger partial charge in [-0.1, -0.05) is 219 Å². The van der Waals surface area contributed by atoms with Crippen LogP contribution in [-0.2, 0) is 0 Å². The summed E-state index contributed by atoms with van der Waals surface area (Å²) in [6, 6.07) is 8.87. The van der Waals surface area contributed by atoms with Gasteiger partial charge in [0.1, 0.15) is 0 Å². The highest BCUT2D eigenvalue weighted by Gasteiger charge is 2.09. The van der Waals surface area contributed by atoms with Crippen molar-refractivity contribution in [2.75, 3.05) is 18.0 Å². The Kier molecular flexibility index (Phi) is 31.9. The Morgan fingerprint density at radius 2 is 0.614 bits per heavy atom. The molecule has 0 aromatic heterocycles. The SMILES string of the molecule is CCCCCCCCCCCCCCCCCCN(CCCCCCCCCCCCCCCCCC)c1ccccc1Br. The van der Waals surface area contributed by atoms with Crippen LogP contribution in [0.1, 0.15) is 219 Å². The summed E-state index contributed by atoms with van der Waals surface area (Å²) in [5.41, 5.74) is 1.40. The zero-order valence-corrected chi connectivity index (χ0v) is 31.8. The van der Waals surface area contributed by atoms with Crippen LogP contribution in [0, 0.1) is 0 Å². The highest BCUT2D eigenvalue weighted by atomic mass is 79.9. The first kappa shape index (κ1) is 41.5. The number of para-hydroxylation sites is 1. The van der Waals surface area contributed by atoms with E-state index in [1.807, 2.05) is 0 Å². The zero-order chi connectivity index (χ0) is 31.6. The van der Waals surface area contributed by atoms with E-state index in [1.165, 1.54) is 229 Å². The number of benzene rings is 1. The molecule has 1 rings (SSSR count). The summed E-state index contributed by atoms with van der Waals surface area (Å²) < 4.78 is 1.26. The lowest BCUT2D eigenvalue weighted by atomic mass is 10.0. The molecule has 0 N–H and O–H groups in total. The van der Waals surface area contributed by atoms with Gasteiger partial charge < -0.3 is 4.90 Å². The van der Waals surface area contributed by atoms with Crippen molar-refractivity contribution in [3.05, 3.63) is 28.7 Å². The van der Waals surface area contributed by atoms with E-state index in [4.69, 9.17) is 0 Å². The number of unbranched alkanes of at least 4 members (excludes halogenated alkanes) is 30. The summed E-state index contributed by atoms with van der Waals surface area (Å²) in [4.78, 5) is 2.66. The zero-order valence-electron chi connectivity index (χ0n) is 30.2. The summed E-state index contributed by atoms with van der Waals surface area (Å²) in [6.45, 7) is 7.03. The monoisotopic (exact) mass is 676 g/mol. The molecule has 0 aliphatic rings. The first-order chi connectivity index (χ1) is 21.8. The minimum Gasteiger partial charge on any atom is -0.371 e. The lowest BCUT2D eigenvalue weighted by molar-refractivity contribution is 0.524. The molecular formula is C42H78BrN. The molecule has 0 unspecified atom stereocenters. The summed E-state index contributed by atoms with van der Waals surface area (Å²) >= 11 is 3.84. The lowest BCUT2D eigenvalue weighted by Gasteiger charge is -2.26. The molecule has 2 heteroatoms. The Hall–Kier alpha value is -0.500. The van der Waals surface area contributed by atoms with E-state index in [-0.39, 0.29) is 0 Å². The molecule has 0 amide bonds. The molecule has 0 atom stereocenters. The maximum Gasteiger partial charge on any atom is 0.0510 e. The average molecular weight is 677 g/mol. The molecule has 0 radical (unpaired) electrons. The summed E-state index contributed by atoms with van der Waals surface area (Å²) in [5.74, 6) is 0. The topological polar surface area (TPSA) is 3.24 Å². The van der Waals surface area contributed by atoms with E-state index in [2.05, 4.69) is 58.9 Å². The van der Waals surface area contributed by atoms with Crippen molar-refractivity contribution in [3.8, 4) is 0 Å². The van der Waals surface area contributed by atoms with Gasteiger partial charge in [-0.05, 0) is 40.9 Å². The van der Waals surface area contributed by atoms with Crippen molar-refractivity contribution in [1.29, 1.82) is 0 Å². The quantitative estimate of drug-likeness (QED) is 0.0647. The van der Waals surface area contributed by atoms with Crippen molar-refractivity contribution < 1.29 is 0 Å². The van der Waals surface area contributed by atoms with Crippen molar-refractivity contribution in [3.63, 3.8) is 0 Å². The molecule has 0 fully saturated rings. The molecule has 0 saturated heterocycles. The maximum atomic E-state index is 3.84. The van der Waals surface area contributed by atoms with Crippen LogP contribution in [0.4, 0.5) is 5.69 Å². The third kappa shape index (κ3) is 26.7. The first-order valence-corrected chi connectivity index (χ1v) is 21.1. The van der Waals surface area contributed by atoms with Crippen LogP contribution in [-0.4, -0.2) is 13.1 Å². The van der Waals surface area contributed by atoms with Gasteiger partial charge in [0.2, 0.25) is 0 Å². The van der Waals surface area contributed by atoms with Crippen LogP contribution in [0.2, 0.25) is 0 Å². The fourth-order valence-corrected chi connectivity index (χ4v) is 7.30. The molecule has 44 heavy (non-hydrogen) atoms. The van der Waals surface area contributed by atoms with Gasteiger partial charge in [-0.2, -0.15) is 0 Å². The van der Waals surface area contributed by atoms with Crippen molar-refractivity contribution in [2.45, 2.75) is 219 Å². The third-order valence-corrected chi connectivity index (χ3v) is 10.4. The Morgan fingerprint density at radius 3 is 0.886 bits per heavy atom. The highest BCUT2D eigenvalue weighted by Crippen LogP contribution is 2.27. The average Bonchev–Trinajstić information content (AvgIpc) is 3.03. The Bertz CT molecular complexity index is 652. The van der Waals surface area contributed by atoms with Crippen LogP contribution in [0.3, 0.4) is 0 Å². The predicted octanol–water partition coefficient (Wildman–Crippen LogP) is 15.8. The number of anilines is 1. The van der Waals surface area contributed by atoms with Crippen LogP contribution in [0.5, 0.6) is 0 Å². The van der Waals surface area contributed by atoms with Gasteiger partial charge in [-0.15, -0.1) is 0 Å². The van der Waals surface area contributed by atoms with Crippen LogP contribution in [0.15, 0.2) is 28.7 Å². The van der Waals surface area contributed by atoms with Crippen LogP contribution in [0.25, 0.3) is 0 Å². The standard InChI is InChI=1S/C42H78BrN/c1-3-5-7-9-11-13-15-17-19-21-23-25-27-29-31-35-39-44(42-38-34-33-37-41(42)43)40-36-32-30-28-26-24-22-20-18-16-14-12-10-8-6-4-2/h33-34,37-38H,3-32,35-36,39-40H2,1-2H3. The van der Waals surface area contributed by atoms with Crippen molar-refractivity contribution in [1.82, 2.24) is 0 Å². The molecule has 1 nitrogen and oxygen atoms in total. The number of hydrogen-bond donors (Lipinski definition) is 0. The molecule has 258 valence electrons. The highest BCUT2D eigenvalue weighted by molar-refractivity contribution is 9.10. The van der Waals surface area contributed by atoms with Gasteiger partial charge in [-0.25, -0.2) is 0 Å². The second-order valence-electron chi connectivity index (χ2n) is 14.0. The van der Waals surface area contributed by atoms with Gasteiger partial charge >= 0.3 is 0 Å². The van der Waals surface area contributed by atoms with Gasteiger partial charge in [0.05, 0.1) is 5.69 Å². The molecule has 0 spiro atoms. The Labute approximate surface area is 286 Å². The molecule has 1 aromatic rings. The second-order valence-corrected chi connectivity index (χ2v) is 14.9. The minimum atomic E-state index is 1.21. The minimum absolute atomic E-state index is 1.21. The Morgan fingerprint density at radius 1 is 0.364 bits per heavy atom. The molecule has 0 heterocycles. The molecule has 0 saturated carbocycles. The number of rotatable bonds is 35. The van der Waals surface area contributed by atoms with E-state index in [9.17, 15) is 0 Å². The largest absolute Gasteiger partial charge is 0.371 e. The molecule has 0 bridgehead atoms. The molecule has 0 aliphatic carbocycles. The van der Waals surface area contributed by atoms with Crippen LogP contribution < -0.4 is 4.90 Å². The smallest absolute Gasteiger partial charge is 0.0510 e. The van der Waals surface area contributed by atoms with Gasteiger partial charge in [0.15, 0.2) is 0 Å². The molecular weight excluding hydrogens is 598 g/mol. The van der Waals surface area contributed by atoms with E-state index in [0.29, 0.717) is 0 Å². The fourth-order valence-electron chi connectivity index (χ4n) is 6.76. The van der Waals surface area contributed by atoms with Gasteiger partial charge in [0, 0.05) is 17.6 Å². The van der Waals surface area contributed by atoms with Gasteiger partial charge in [0.25, 0.3) is 0 Å². The van der Waals surface area contributed by atoms with Crippen molar-refractivity contribution in [2.24, 2.45) is 0 Å². The number of halogens is 1. The normalized spacial score (nSPS) is 11.4. The summed E-state index contributed by atoms with van der Waals surface area (Å²) in [5, 5.41) is 0. The summed E-state index contributed by atoms with van der Waals surface area (Å²) in [7, 11) is 0. The van der Waals surface area contributed by atoms with E-state index < -0.39 is 0 Å². The number of hydrogen-bond acceptors (Lipinski definition) is 1. The molecule has 0 aliphatic heterocycles. The fraction of sp³-hybridized carbons (Fsp3) is 0.857. The first-order valence-electron chi connectivity index (χ1n) is 20.3. The van der Waals surface area contributed by atoms with Crippen molar-refractivity contribution >= 4 is 21.6 Å². The van der Waals surface area contributed by atoms with Crippen LogP contribution >= 0.6 is 15.9 Å². The number of nitrogens with zero attached hydrogens (tertiary/aromatic N) is 1. The maximum absolute atomic E-state index is 3.84. The molecule has 1 aromatic carbocycles. The van der Waals surface area contributed by atoms with Gasteiger partial charge in [-0.3, -0.25) is 0 Å². The summed E-state index contributed by atoms with van der Waals surface area (Å²) in [6.07, 6.45) is 46.0. The van der Waals surface area contributed by atoms with E-state index in [0.717, 1.165) is 0 Å². The predicted molar refractivity (Wildman–Crippen MR) is 205 cm³/mol. The van der Waals surface area contributed by atoms with E-state index in [1.54, 1.807) is 0 Å². The van der Waals surface area contributed by atoms with E-state index >= 15 is 0 Å². The second kappa shape index (κ2) is 33.9. The third-order valence-electron chi connectivity index (χ3n) is 9.76. The lowest BCUT2D eigenvalue weighted by Crippen LogP contribution is -2.26.